The third-order valence-corrected chi connectivity index (χ3v) is 1.77. The Labute approximate surface area is 54.0 Å². The van der Waals surface area contributed by atoms with E-state index in [1.807, 2.05) is 0 Å². The van der Waals surface area contributed by atoms with Crippen molar-refractivity contribution in [3.05, 3.63) is 0 Å². The fourth-order valence-electron chi connectivity index (χ4n) is 0.981. The lowest BCUT2D eigenvalue weighted by atomic mass is 10.3. The average molecular weight is 160 g/mol. The smallest absolute Gasteiger partial charge is 0.206 e. The number of hydrogen-bond donors (Lipinski definition) is 0. The first-order chi connectivity index (χ1) is 4.28. The second-order valence-electron chi connectivity index (χ2n) is 2.48. The number of alkyl halides is 5. The maximum atomic E-state index is 12.0. The zero-order valence-corrected chi connectivity index (χ0v) is 5.04. The van der Waals surface area contributed by atoms with Gasteiger partial charge in [0.15, 0.2) is 0 Å². The van der Waals surface area contributed by atoms with Gasteiger partial charge >= 0.3 is 6.18 Å². The highest BCUT2D eigenvalue weighted by Crippen LogP contribution is 2.61. The summed E-state index contributed by atoms with van der Waals surface area (Å²) >= 11 is 0. The molecule has 1 aliphatic carbocycles. The summed E-state index contributed by atoms with van der Waals surface area (Å²) in [4.78, 5) is 0. The van der Waals surface area contributed by atoms with Crippen molar-refractivity contribution in [1.82, 2.24) is 0 Å². The van der Waals surface area contributed by atoms with Crippen molar-refractivity contribution in [3.63, 3.8) is 0 Å². The largest absolute Gasteiger partial charge is 0.398 e. The molecule has 0 amide bonds. The van der Waals surface area contributed by atoms with Gasteiger partial charge in [-0.15, -0.1) is 0 Å². The Morgan fingerprint density at radius 3 is 1.50 bits per heavy atom. The molecule has 0 heterocycles. The zero-order valence-electron chi connectivity index (χ0n) is 5.04. The molecule has 1 rings (SSSR count). The van der Waals surface area contributed by atoms with Gasteiger partial charge in [-0.05, 0) is 0 Å². The van der Waals surface area contributed by atoms with E-state index in [0.29, 0.717) is 0 Å². The molecule has 60 valence electrons. The summed E-state index contributed by atoms with van der Waals surface area (Å²) in [5.74, 6) is -7.45. The van der Waals surface area contributed by atoms with Crippen molar-refractivity contribution in [2.24, 2.45) is 11.8 Å². The van der Waals surface area contributed by atoms with Crippen LogP contribution in [0.2, 0.25) is 0 Å². The topological polar surface area (TPSA) is 0 Å². The van der Waals surface area contributed by atoms with Gasteiger partial charge in [-0.1, -0.05) is 6.92 Å². The maximum absolute atomic E-state index is 12.0. The first kappa shape index (κ1) is 7.75. The molecule has 0 aromatic carbocycles. The molecule has 1 saturated carbocycles. The molecule has 0 nitrogen and oxygen atoms in total. The van der Waals surface area contributed by atoms with Crippen LogP contribution >= 0.6 is 0 Å². The molecule has 0 N–H and O–H groups in total. The Kier molecular flexibility index (Phi) is 1.26. The van der Waals surface area contributed by atoms with Crippen LogP contribution in [0.4, 0.5) is 22.0 Å². The third kappa shape index (κ3) is 0.876. The monoisotopic (exact) mass is 160 g/mol. The molecular formula is C5H5F5. The predicted molar refractivity (Wildman–Crippen MR) is 23.7 cm³/mol. The Morgan fingerprint density at radius 1 is 1.20 bits per heavy atom. The highest BCUT2D eigenvalue weighted by molar-refractivity contribution is 5.06. The molecule has 1 fully saturated rings. The van der Waals surface area contributed by atoms with Gasteiger partial charge in [-0.3, -0.25) is 0 Å². The lowest BCUT2D eigenvalue weighted by molar-refractivity contribution is -0.167. The summed E-state index contributed by atoms with van der Waals surface area (Å²) in [5.41, 5.74) is 0. The number of rotatable bonds is 0. The highest BCUT2D eigenvalue weighted by Gasteiger charge is 2.76. The molecule has 0 spiro atoms. The normalized spacial score (nSPS) is 37.8. The van der Waals surface area contributed by atoms with Crippen molar-refractivity contribution in [3.8, 4) is 0 Å². The predicted octanol–water partition coefficient (Wildman–Crippen LogP) is 2.45. The van der Waals surface area contributed by atoms with Crippen molar-refractivity contribution in [2.75, 3.05) is 0 Å². The van der Waals surface area contributed by atoms with Crippen molar-refractivity contribution in [2.45, 2.75) is 19.0 Å². The number of hydrogen-bond acceptors (Lipinski definition) is 0. The molecule has 2 unspecified atom stereocenters. The van der Waals surface area contributed by atoms with Crippen LogP contribution in [0, 0.1) is 11.8 Å². The van der Waals surface area contributed by atoms with Gasteiger partial charge in [0.05, 0.1) is 0 Å². The van der Waals surface area contributed by atoms with Crippen molar-refractivity contribution in [1.29, 1.82) is 0 Å². The lowest BCUT2D eigenvalue weighted by Gasteiger charge is -2.02. The van der Waals surface area contributed by atoms with E-state index >= 15 is 0 Å². The lowest BCUT2D eigenvalue weighted by Crippen LogP contribution is -2.15. The van der Waals surface area contributed by atoms with E-state index in [9.17, 15) is 22.0 Å². The van der Waals surface area contributed by atoms with E-state index in [4.69, 9.17) is 0 Å². The SMILES string of the molecule is CC1C(C(F)(F)F)C1(F)F. The molecule has 0 saturated heterocycles. The van der Waals surface area contributed by atoms with Crippen LogP contribution in [0.5, 0.6) is 0 Å². The first-order valence-corrected chi connectivity index (χ1v) is 2.72. The zero-order chi connectivity index (χ0) is 8.15. The van der Waals surface area contributed by atoms with Crippen LogP contribution in [-0.4, -0.2) is 12.1 Å². The van der Waals surface area contributed by atoms with E-state index < -0.39 is 23.9 Å². The Hall–Kier alpha value is -0.350. The quantitative estimate of drug-likeness (QED) is 0.477. The fraction of sp³-hybridized carbons (Fsp3) is 1.00. The van der Waals surface area contributed by atoms with E-state index in [2.05, 4.69) is 0 Å². The summed E-state index contributed by atoms with van der Waals surface area (Å²) < 4.78 is 58.5. The maximum Gasteiger partial charge on any atom is 0.398 e. The molecule has 0 aromatic heterocycles. The second kappa shape index (κ2) is 1.62. The summed E-state index contributed by atoms with van der Waals surface area (Å²) in [5, 5.41) is 0. The van der Waals surface area contributed by atoms with Gasteiger partial charge in [0.25, 0.3) is 5.92 Å². The molecule has 10 heavy (non-hydrogen) atoms. The van der Waals surface area contributed by atoms with E-state index in [0.717, 1.165) is 6.92 Å². The molecule has 0 bridgehead atoms. The van der Waals surface area contributed by atoms with Crippen LogP contribution in [0.25, 0.3) is 0 Å². The first-order valence-electron chi connectivity index (χ1n) is 2.72. The minimum Gasteiger partial charge on any atom is -0.206 e. The van der Waals surface area contributed by atoms with Gasteiger partial charge in [-0.25, -0.2) is 8.78 Å². The van der Waals surface area contributed by atoms with Crippen LogP contribution in [0.1, 0.15) is 6.92 Å². The summed E-state index contributed by atoms with van der Waals surface area (Å²) in [6.07, 6.45) is -4.73. The van der Waals surface area contributed by atoms with Gasteiger partial charge in [-0.2, -0.15) is 13.2 Å². The van der Waals surface area contributed by atoms with Crippen molar-refractivity contribution < 1.29 is 22.0 Å². The second-order valence-corrected chi connectivity index (χ2v) is 2.48. The molecule has 0 radical (unpaired) electrons. The molecule has 1 aliphatic rings. The third-order valence-electron chi connectivity index (χ3n) is 1.77. The minimum atomic E-state index is -4.73. The highest BCUT2D eigenvalue weighted by atomic mass is 19.4. The standard InChI is InChI=1S/C5H5F5/c1-2-3(4(2,6)7)5(8,9)10/h2-3H,1H3. The Morgan fingerprint density at radius 2 is 1.50 bits per heavy atom. The average Bonchev–Trinajstić information content (AvgIpc) is 2.03. The van der Waals surface area contributed by atoms with Crippen LogP contribution in [0.15, 0.2) is 0 Å². The summed E-state index contributed by atoms with van der Waals surface area (Å²) in [7, 11) is 0. The Bertz CT molecular complexity index is 137. The Balaban J connectivity index is 2.66. The van der Waals surface area contributed by atoms with Gasteiger partial charge in [0.2, 0.25) is 0 Å². The van der Waals surface area contributed by atoms with Crippen LogP contribution in [-0.2, 0) is 0 Å². The van der Waals surface area contributed by atoms with Crippen LogP contribution < -0.4 is 0 Å². The van der Waals surface area contributed by atoms with E-state index in [1.54, 1.807) is 0 Å². The summed E-state index contributed by atoms with van der Waals surface area (Å²) in [6.45, 7) is 0.901. The van der Waals surface area contributed by atoms with Gasteiger partial charge < -0.3 is 0 Å². The van der Waals surface area contributed by atoms with Crippen molar-refractivity contribution >= 4 is 0 Å². The fourth-order valence-corrected chi connectivity index (χ4v) is 0.981. The molecule has 2 atom stereocenters. The molecular weight excluding hydrogens is 155 g/mol. The van der Waals surface area contributed by atoms with Crippen LogP contribution in [0.3, 0.4) is 0 Å². The molecule has 5 heteroatoms. The van der Waals surface area contributed by atoms with Gasteiger partial charge in [0, 0.05) is 5.92 Å². The molecule has 0 aliphatic heterocycles. The number of halogens is 5. The molecule has 0 aromatic rings. The van der Waals surface area contributed by atoms with E-state index in [-0.39, 0.29) is 0 Å². The minimum absolute atomic E-state index is 0.901. The van der Waals surface area contributed by atoms with Gasteiger partial charge in [0.1, 0.15) is 5.92 Å². The van der Waals surface area contributed by atoms with E-state index in [1.165, 1.54) is 0 Å². The summed E-state index contributed by atoms with van der Waals surface area (Å²) in [6, 6.07) is 0.